The molecule has 0 amide bonds. The Hall–Kier alpha value is -2.61. The van der Waals surface area contributed by atoms with Crippen LogP contribution in [0.3, 0.4) is 0 Å². The number of carbonyl (C=O) groups is 1. The highest BCUT2D eigenvalue weighted by atomic mass is 32.2. The van der Waals surface area contributed by atoms with Gasteiger partial charge in [0.25, 0.3) is 5.56 Å². The van der Waals surface area contributed by atoms with E-state index in [-0.39, 0.29) is 11.7 Å². The van der Waals surface area contributed by atoms with Gasteiger partial charge in [0.05, 0.1) is 23.2 Å². The Kier molecular flexibility index (Phi) is 6.42. The Morgan fingerprint density at radius 2 is 2.07 bits per heavy atom. The molecule has 1 atom stereocenters. The zero-order valence-corrected chi connectivity index (χ0v) is 18.1. The number of nitrogens with zero attached hydrogens (tertiary/aromatic N) is 2. The van der Waals surface area contributed by atoms with E-state index >= 15 is 0 Å². The molecule has 154 valence electrons. The van der Waals surface area contributed by atoms with Crippen molar-refractivity contribution in [3.63, 3.8) is 0 Å². The summed E-state index contributed by atoms with van der Waals surface area (Å²) >= 11 is 1.50. The number of aromatic amines is 1. The van der Waals surface area contributed by atoms with Crippen molar-refractivity contribution < 1.29 is 9.53 Å². The maximum Gasteiger partial charge on any atom is 0.337 e. The molecule has 1 aliphatic rings. The van der Waals surface area contributed by atoms with Gasteiger partial charge >= 0.3 is 5.97 Å². The van der Waals surface area contributed by atoms with Crippen LogP contribution in [0.1, 0.15) is 51.7 Å². The summed E-state index contributed by atoms with van der Waals surface area (Å²) in [6.45, 7) is 9.61. The van der Waals surface area contributed by atoms with Gasteiger partial charge in [-0.1, -0.05) is 31.7 Å². The second-order valence-corrected chi connectivity index (χ2v) is 8.68. The van der Waals surface area contributed by atoms with E-state index in [0.29, 0.717) is 33.7 Å². The van der Waals surface area contributed by atoms with Crippen LogP contribution in [-0.4, -0.2) is 32.8 Å². The van der Waals surface area contributed by atoms with Crippen LogP contribution in [-0.2, 0) is 9.53 Å². The number of H-pyrrole nitrogens is 1. The highest BCUT2D eigenvalue weighted by molar-refractivity contribution is 7.99. The van der Waals surface area contributed by atoms with E-state index in [9.17, 15) is 9.59 Å². The number of fused-ring (bicyclic) bond motifs is 1. The van der Waals surface area contributed by atoms with Gasteiger partial charge in [0.2, 0.25) is 0 Å². The van der Waals surface area contributed by atoms with Crippen molar-refractivity contribution in [2.75, 3.05) is 11.1 Å². The van der Waals surface area contributed by atoms with Gasteiger partial charge < -0.3 is 15.0 Å². The lowest BCUT2D eigenvalue weighted by atomic mass is 9.83. The summed E-state index contributed by atoms with van der Waals surface area (Å²) in [5.74, 6) is 0.715. The number of ether oxygens (including phenoxy) is 1. The average molecular weight is 415 g/mol. The molecule has 0 unspecified atom stereocenters. The van der Waals surface area contributed by atoms with Gasteiger partial charge in [-0.3, -0.25) is 9.78 Å². The summed E-state index contributed by atoms with van der Waals surface area (Å²) in [7, 11) is 0. The standard InChI is InChI=1S/C21H26N4O3S/c1-11(2)10-29-21-24-18-17(19(26)25-21)16(14-7-6-8-22-9-14)15(13(5)23-18)20(27)28-12(3)4/h6-9,11-12,16H,10H2,1-5H3,(H2,23,24,25,26)/t16-/m1/s1. The molecule has 29 heavy (non-hydrogen) atoms. The molecule has 2 N–H and O–H groups in total. The lowest BCUT2D eigenvalue weighted by Crippen LogP contribution is -2.32. The molecule has 0 saturated heterocycles. The predicted octanol–water partition coefficient (Wildman–Crippen LogP) is 3.70. The molecule has 0 aliphatic carbocycles. The van der Waals surface area contributed by atoms with E-state index in [2.05, 4.69) is 34.1 Å². The van der Waals surface area contributed by atoms with E-state index in [1.165, 1.54) is 11.8 Å². The van der Waals surface area contributed by atoms with Crippen molar-refractivity contribution in [2.24, 2.45) is 5.92 Å². The van der Waals surface area contributed by atoms with Crippen molar-refractivity contribution in [1.29, 1.82) is 0 Å². The minimum atomic E-state index is -0.605. The fraction of sp³-hybridized carbons (Fsp3) is 0.429. The van der Waals surface area contributed by atoms with Crippen molar-refractivity contribution in [3.05, 3.63) is 57.3 Å². The number of hydrogen-bond donors (Lipinski definition) is 2. The van der Waals surface area contributed by atoms with Crippen LogP contribution in [0.2, 0.25) is 0 Å². The second kappa shape index (κ2) is 8.82. The smallest absolute Gasteiger partial charge is 0.337 e. The van der Waals surface area contributed by atoms with E-state index in [1.54, 1.807) is 39.2 Å². The van der Waals surface area contributed by atoms with Crippen molar-refractivity contribution in [1.82, 2.24) is 15.0 Å². The Balaban J connectivity index is 2.13. The number of hydrogen-bond acceptors (Lipinski definition) is 7. The normalized spacial score (nSPS) is 16.0. The molecule has 1 aliphatic heterocycles. The fourth-order valence-corrected chi connectivity index (χ4v) is 3.99. The summed E-state index contributed by atoms with van der Waals surface area (Å²) in [5.41, 5.74) is 1.88. The monoisotopic (exact) mass is 414 g/mol. The maximum atomic E-state index is 13.1. The van der Waals surface area contributed by atoms with Crippen molar-refractivity contribution in [3.8, 4) is 0 Å². The van der Waals surface area contributed by atoms with Gasteiger partial charge in [0.15, 0.2) is 5.16 Å². The van der Waals surface area contributed by atoms with Crippen molar-refractivity contribution >= 4 is 23.5 Å². The molecular weight excluding hydrogens is 388 g/mol. The topological polar surface area (TPSA) is 97.0 Å². The molecule has 0 saturated carbocycles. The maximum absolute atomic E-state index is 13.1. The van der Waals surface area contributed by atoms with Crippen LogP contribution >= 0.6 is 11.8 Å². The molecule has 3 heterocycles. The average Bonchev–Trinajstić information content (AvgIpc) is 2.65. The number of nitrogens with one attached hydrogen (secondary N) is 2. The largest absolute Gasteiger partial charge is 0.460 e. The van der Waals surface area contributed by atoms with E-state index in [1.807, 2.05) is 6.07 Å². The first-order valence-electron chi connectivity index (χ1n) is 9.63. The van der Waals surface area contributed by atoms with Crippen molar-refractivity contribution in [2.45, 2.75) is 51.8 Å². The summed E-state index contributed by atoms with van der Waals surface area (Å²) in [5, 5.41) is 3.70. The Labute approximate surface area is 174 Å². The highest BCUT2D eigenvalue weighted by Gasteiger charge is 2.36. The SMILES string of the molecule is CC1=C(C(=O)OC(C)C)[C@@H](c2cccnc2)c2c(nc(SCC(C)C)[nH]c2=O)N1. The Morgan fingerprint density at radius 3 is 2.69 bits per heavy atom. The number of aromatic nitrogens is 3. The number of anilines is 1. The van der Waals surface area contributed by atoms with E-state index < -0.39 is 11.9 Å². The third kappa shape index (κ3) is 4.70. The summed E-state index contributed by atoms with van der Waals surface area (Å²) in [6, 6.07) is 3.63. The van der Waals surface area contributed by atoms with Crippen LogP contribution in [0.15, 0.2) is 45.7 Å². The van der Waals surface area contributed by atoms with Gasteiger partial charge in [-0.05, 0) is 38.3 Å². The fourth-order valence-electron chi connectivity index (χ4n) is 3.17. The third-order valence-electron chi connectivity index (χ3n) is 4.35. The third-order valence-corrected chi connectivity index (χ3v) is 5.65. The number of allylic oxidation sites excluding steroid dienone is 1. The Bertz CT molecular complexity index is 983. The summed E-state index contributed by atoms with van der Waals surface area (Å²) in [4.78, 5) is 37.6. The first kappa shape index (κ1) is 21.1. The van der Waals surface area contributed by atoms with Gasteiger partial charge in [0.1, 0.15) is 5.82 Å². The number of rotatable bonds is 6. The summed E-state index contributed by atoms with van der Waals surface area (Å²) in [6.07, 6.45) is 3.05. The first-order valence-corrected chi connectivity index (χ1v) is 10.6. The Morgan fingerprint density at radius 1 is 1.31 bits per heavy atom. The minimum absolute atomic E-state index is 0.273. The number of carbonyl (C=O) groups excluding carboxylic acids is 1. The molecule has 8 heteroatoms. The zero-order valence-electron chi connectivity index (χ0n) is 17.3. The number of esters is 1. The van der Waals surface area contributed by atoms with E-state index in [4.69, 9.17) is 4.74 Å². The van der Waals surface area contributed by atoms with Crippen LogP contribution < -0.4 is 10.9 Å². The lowest BCUT2D eigenvalue weighted by Gasteiger charge is -2.29. The lowest BCUT2D eigenvalue weighted by molar-refractivity contribution is -0.143. The molecule has 7 nitrogen and oxygen atoms in total. The van der Waals surface area contributed by atoms with Crippen LogP contribution in [0.5, 0.6) is 0 Å². The van der Waals surface area contributed by atoms with Gasteiger partial charge in [0, 0.05) is 23.8 Å². The molecule has 0 bridgehead atoms. The van der Waals surface area contributed by atoms with Gasteiger partial charge in [-0.2, -0.15) is 0 Å². The highest BCUT2D eigenvalue weighted by Crippen LogP contribution is 2.40. The molecule has 0 aromatic carbocycles. The molecule has 0 spiro atoms. The van der Waals surface area contributed by atoms with Crippen LogP contribution in [0, 0.1) is 5.92 Å². The van der Waals surface area contributed by atoms with Gasteiger partial charge in [-0.25, -0.2) is 9.78 Å². The number of thioether (sulfide) groups is 1. The van der Waals surface area contributed by atoms with E-state index in [0.717, 1.165) is 11.3 Å². The minimum Gasteiger partial charge on any atom is -0.460 e. The molecule has 2 aromatic heterocycles. The zero-order chi connectivity index (χ0) is 21.1. The predicted molar refractivity (Wildman–Crippen MR) is 114 cm³/mol. The molecule has 0 fully saturated rings. The number of pyridine rings is 1. The quantitative estimate of drug-likeness (QED) is 0.423. The first-order chi connectivity index (χ1) is 13.8. The summed E-state index contributed by atoms with van der Waals surface area (Å²) < 4.78 is 5.46. The second-order valence-electron chi connectivity index (χ2n) is 7.68. The molecule has 0 radical (unpaired) electrons. The molecule has 2 aromatic rings. The van der Waals surface area contributed by atoms with Gasteiger partial charge in [-0.15, -0.1) is 0 Å². The van der Waals surface area contributed by atoms with Crippen LogP contribution in [0.4, 0.5) is 5.82 Å². The van der Waals surface area contributed by atoms with Crippen LogP contribution in [0.25, 0.3) is 0 Å². The molecular formula is C21H26N4O3S. The molecule has 3 rings (SSSR count).